The van der Waals surface area contributed by atoms with Gasteiger partial charge in [-0.3, -0.25) is 9.36 Å². The summed E-state index contributed by atoms with van der Waals surface area (Å²) in [7, 11) is 1.56. The van der Waals surface area contributed by atoms with E-state index >= 15 is 0 Å². The lowest BCUT2D eigenvalue weighted by Crippen LogP contribution is -2.40. The SMILES string of the molecule is CCCC1=C(C(=O)OCC)[C@@H](c2cc(Br)ccc2OC)n2c(s/c(=C/c3ccccc3OCc3ccccc3C#N)c2=O)=N1. The highest BCUT2D eigenvalue weighted by atomic mass is 79.9. The van der Waals surface area contributed by atoms with Crippen LogP contribution in [0.5, 0.6) is 11.5 Å². The van der Waals surface area contributed by atoms with Crippen LogP contribution in [0.1, 0.15) is 55.0 Å². The number of rotatable bonds is 10. The van der Waals surface area contributed by atoms with E-state index in [1.54, 1.807) is 36.8 Å². The minimum atomic E-state index is -0.810. The van der Waals surface area contributed by atoms with Gasteiger partial charge in [-0.05, 0) is 49.8 Å². The zero-order valence-corrected chi connectivity index (χ0v) is 26.9. The lowest BCUT2D eigenvalue weighted by molar-refractivity contribution is -0.139. The topological polar surface area (TPSA) is 103 Å². The third-order valence-corrected chi connectivity index (χ3v) is 8.58. The number of halogens is 1. The Kier molecular flexibility index (Phi) is 9.78. The van der Waals surface area contributed by atoms with E-state index in [1.807, 2.05) is 61.5 Å². The van der Waals surface area contributed by atoms with Crippen LogP contribution in [-0.4, -0.2) is 24.3 Å². The van der Waals surface area contributed by atoms with Crippen molar-refractivity contribution in [2.75, 3.05) is 13.7 Å². The van der Waals surface area contributed by atoms with Crippen LogP contribution in [0.15, 0.2) is 92.3 Å². The summed E-state index contributed by atoms with van der Waals surface area (Å²) < 4.78 is 20.1. The van der Waals surface area contributed by atoms with Gasteiger partial charge in [-0.2, -0.15) is 5.26 Å². The molecule has 5 rings (SSSR count). The number of para-hydroxylation sites is 1. The van der Waals surface area contributed by atoms with Crippen LogP contribution in [0, 0.1) is 11.3 Å². The van der Waals surface area contributed by atoms with Crippen molar-refractivity contribution in [1.82, 2.24) is 4.57 Å². The van der Waals surface area contributed by atoms with E-state index in [2.05, 4.69) is 22.0 Å². The minimum Gasteiger partial charge on any atom is -0.496 e. The lowest BCUT2D eigenvalue weighted by Gasteiger charge is -2.27. The largest absolute Gasteiger partial charge is 0.496 e. The van der Waals surface area contributed by atoms with E-state index in [1.165, 1.54) is 11.3 Å². The summed E-state index contributed by atoms with van der Waals surface area (Å²) in [6.07, 6.45) is 3.06. The fourth-order valence-corrected chi connectivity index (χ4v) is 6.51. The average Bonchev–Trinajstić information content (AvgIpc) is 3.34. The van der Waals surface area contributed by atoms with Gasteiger partial charge in [-0.25, -0.2) is 9.79 Å². The van der Waals surface area contributed by atoms with Gasteiger partial charge >= 0.3 is 5.97 Å². The monoisotopic (exact) mass is 671 g/mol. The van der Waals surface area contributed by atoms with Gasteiger partial charge in [0.1, 0.15) is 24.1 Å². The third kappa shape index (κ3) is 6.25. The average molecular weight is 673 g/mol. The number of carbonyl (C=O) groups is 1. The third-order valence-electron chi connectivity index (χ3n) is 7.11. The molecule has 8 nitrogen and oxygen atoms in total. The standard InChI is InChI=1S/C34H30BrN3O5S/c1-4-10-26-30(33(40)42-5-2)31(25-18-24(35)15-16-28(25)41-3)38-32(39)29(44-34(38)37-26)17-21-11-8-9-14-27(21)43-20-23-13-7-6-12-22(23)19-36/h6-9,11-18,31H,4-5,10,20H2,1-3H3/b29-17+/t31-/m1/s1. The highest BCUT2D eigenvalue weighted by Gasteiger charge is 2.36. The zero-order chi connectivity index (χ0) is 31.2. The fourth-order valence-electron chi connectivity index (χ4n) is 5.12. The second-order valence-electron chi connectivity index (χ2n) is 9.90. The molecule has 0 unspecified atom stereocenters. The quantitative estimate of drug-likeness (QED) is 0.198. The van der Waals surface area contributed by atoms with Crippen LogP contribution >= 0.6 is 27.3 Å². The Morgan fingerprint density at radius 2 is 1.89 bits per heavy atom. The van der Waals surface area contributed by atoms with Crippen LogP contribution in [-0.2, 0) is 16.1 Å². The molecule has 44 heavy (non-hydrogen) atoms. The molecule has 1 atom stereocenters. The number of nitrogens with zero attached hydrogens (tertiary/aromatic N) is 3. The number of fused-ring (bicyclic) bond motifs is 1. The second-order valence-corrected chi connectivity index (χ2v) is 11.8. The van der Waals surface area contributed by atoms with Crippen molar-refractivity contribution in [2.45, 2.75) is 39.3 Å². The first kappa shape index (κ1) is 31.0. The minimum absolute atomic E-state index is 0.185. The molecule has 0 saturated carbocycles. The number of hydrogen-bond acceptors (Lipinski definition) is 8. The summed E-state index contributed by atoms with van der Waals surface area (Å²) in [6, 6.07) is 21.6. The van der Waals surface area contributed by atoms with Crippen molar-refractivity contribution in [3.63, 3.8) is 0 Å². The molecule has 1 aliphatic rings. The highest BCUT2D eigenvalue weighted by molar-refractivity contribution is 9.10. The molecule has 0 saturated heterocycles. The number of ether oxygens (including phenoxy) is 3. The number of methoxy groups -OCH3 is 1. The predicted molar refractivity (Wildman–Crippen MR) is 172 cm³/mol. The molecule has 0 radical (unpaired) electrons. The lowest BCUT2D eigenvalue weighted by atomic mass is 9.93. The first-order valence-electron chi connectivity index (χ1n) is 14.1. The van der Waals surface area contributed by atoms with Gasteiger partial charge in [0.15, 0.2) is 4.80 Å². The summed E-state index contributed by atoms with van der Waals surface area (Å²) in [6.45, 7) is 4.15. The van der Waals surface area contributed by atoms with E-state index in [0.29, 0.717) is 55.2 Å². The number of esters is 1. The van der Waals surface area contributed by atoms with E-state index in [9.17, 15) is 14.9 Å². The van der Waals surface area contributed by atoms with Gasteiger partial charge in [-0.1, -0.05) is 77.0 Å². The number of nitriles is 1. The van der Waals surface area contributed by atoms with E-state index in [4.69, 9.17) is 19.2 Å². The molecular formula is C34H30BrN3O5S. The van der Waals surface area contributed by atoms with Gasteiger partial charge in [0.2, 0.25) is 0 Å². The van der Waals surface area contributed by atoms with Crippen LogP contribution < -0.4 is 24.4 Å². The normalized spacial score (nSPS) is 14.4. The molecule has 0 fully saturated rings. The van der Waals surface area contributed by atoms with Crippen LogP contribution in [0.4, 0.5) is 0 Å². The van der Waals surface area contributed by atoms with Gasteiger partial charge in [0.05, 0.1) is 41.2 Å². The number of thiazole rings is 1. The summed E-state index contributed by atoms with van der Waals surface area (Å²) in [5, 5.41) is 9.46. The Hall–Kier alpha value is -4.46. The molecule has 1 aromatic heterocycles. The molecule has 0 amide bonds. The summed E-state index contributed by atoms with van der Waals surface area (Å²) >= 11 is 4.80. The highest BCUT2D eigenvalue weighted by Crippen LogP contribution is 2.38. The first-order chi connectivity index (χ1) is 21.4. The molecular weight excluding hydrogens is 642 g/mol. The Bertz CT molecular complexity index is 1970. The molecule has 2 heterocycles. The molecule has 1 aliphatic heterocycles. The van der Waals surface area contributed by atoms with Crippen molar-refractivity contribution >= 4 is 39.3 Å². The molecule has 0 N–H and O–H groups in total. The van der Waals surface area contributed by atoms with Crippen molar-refractivity contribution in [1.29, 1.82) is 5.26 Å². The summed E-state index contributed by atoms with van der Waals surface area (Å²) in [4.78, 5) is 33.0. The Morgan fingerprint density at radius 1 is 1.11 bits per heavy atom. The summed E-state index contributed by atoms with van der Waals surface area (Å²) in [5.41, 5.74) is 3.25. The van der Waals surface area contributed by atoms with Crippen LogP contribution in [0.3, 0.4) is 0 Å². The smallest absolute Gasteiger partial charge is 0.338 e. The Balaban J connectivity index is 1.67. The molecule has 10 heteroatoms. The van der Waals surface area contributed by atoms with Gasteiger partial charge < -0.3 is 14.2 Å². The number of benzene rings is 3. The van der Waals surface area contributed by atoms with Crippen LogP contribution in [0.2, 0.25) is 0 Å². The molecule has 3 aromatic carbocycles. The Labute approximate surface area is 267 Å². The molecule has 224 valence electrons. The van der Waals surface area contributed by atoms with Crippen molar-refractivity contribution in [3.05, 3.63) is 124 Å². The second kappa shape index (κ2) is 13.9. The maximum atomic E-state index is 14.2. The fraction of sp³-hybridized carbons (Fsp3) is 0.235. The van der Waals surface area contributed by atoms with Crippen molar-refractivity contribution in [3.8, 4) is 17.6 Å². The van der Waals surface area contributed by atoms with Gasteiger partial charge in [0, 0.05) is 21.2 Å². The maximum absolute atomic E-state index is 14.2. The molecule has 4 aromatic rings. The maximum Gasteiger partial charge on any atom is 0.338 e. The first-order valence-corrected chi connectivity index (χ1v) is 15.8. The zero-order valence-electron chi connectivity index (χ0n) is 24.5. The number of aromatic nitrogens is 1. The van der Waals surface area contributed by atoms with Gasteiger partial charge in [0.25, 0.3) is 5.56 Å². The van der Waals surface area contributed by atoms with Crippen molar-refractivity contribution in [2.24, 2.45) is 4.99 Å². The number of hydrogen-bond donors (Lipinski definition) is 0. The predicted octanol–water partition coefficient (Wildman–Crippen LogP) is 5.80. The molecule has 0 aliphatic carbocycles. The summed E-state index contributed by atoms with van der Waals surface area (Å²) in [5.74, 6) is 0.580. The van der Waals surface area contributed by atoms with Crippen molar-refractivity contribution < 1.29 is 19.0 Å². The Morgan fingerprint density at radius 3 is 2.64 bits per heavy atom. The van der Waals surface area contributed by atoms with E-state index in [0.717, 1.165) is 16.5 Å². The molecule has 0 spiro atoms. The number of allylic oxidation sites excluding steroid dienone is 1. The van der Waals surface area contributed by atoms with E-state index in [-0.39, 0.29) is 18.8 Å². The molecule has 0 bridgehead atoms. The number of carbonyl (C=O) groups excluding carboxylic acids is 1. The van der Waals surface area contributed by atoms with Gasteiger partial charge in [-0.15, -0.1) is 0 Å². The van der Waals surface area contributed by atoms with E-state index < -0.39 is 12.0 Å². The van der Waals surface area contributed by atoms with Crippen LogP contribution in [0.25, 0.3) is 6.08 Å².